The predicted molar refractivity (Wildman–Crippen MR) is 119 cm³/mol. The molecule has 0 aliphatic heterocycles. The molecule has 3 N–H and O–H groups in total. The number of hydrogen-bond acceptors (Lipinski definition) is 5. The van der Waals surface area contributed by atoms with Gasteiger partial charge in [-0.3, -0.25) is 0 Å². The fourth-order valence-electron chi connectivity index (χ4n) is 2.68. The number of hydrogen-bond donors (Lipinski definition) is 3. The number of anilines is 1. The van der Waals surface area contributed by atoms with Gasteiger partial charge in [0.2, 0.25) is 0 Å². The third-order valence-electron chi connectivity index (χ3n) is 4.07. The highest BCUT2D eigenvalue weighted by atomic mass is 16.5. The smallest absolute Gasteiger partial charge is 0.191 e. The molecular formula is C22H33N5O2. The van der Waals surface area contributed by atoms with Gasteiger partial charge in [0.15, 0.2) is 5.96 Å². The quantitative estimate of drug-likeness (QED) is 0.444. The summed E-state index contributed by atoms with van der Waals surface area (Å²) in [5, 5.41) is 17.0. The molecule has 0 aliphatic carbocycles. The Morgan fingerprint density at radius 1 is 1.17 bits per heavy atom. The molecule has 2 rings (SSSR count). The van der Waals surface area contributed by atoms with Crippen LogP contribution in [0.4, 0.5) is 5.82 Å². The van der Waals surface area contributed by atoms with Gasteiger partial charge in [-0.2, -0.15) is 0 Å². The van der Waals surface area contributed by atoms with E-state index in [-0.39, 0.29) is 6.10 Å². The lowest BCUT2D eigenvalue weighted by atomic mass is 10.1. The van der Waals surface area contributed by atoms with E-state index in [1.807, 2.05) is 82.2 Å². The Morgan fingerprint density at radius 2 is 1.93 bits per heavy atom. The molecule has 7 nitrogen and oxygen atoms in total. The number of ether oxygens (including phenoxy) is 1. The molecule has 1 heterocycles. The minimum absolute atomic E-state index is 0.0904. The Balaban J connectivity index is 1.99. The molecule has 0 aliphatic rings. The van der Waals surface area contributed by atoms with E-state index < -0.39 is 6.10 Å². The Bertz CT molecular complexity index is 792. The van der Waals surface area contributed by atoms with Crippen molar-refractivity contribution in [1.82, 2.24) is 15.6 Å². The summed E-state index contributed by atoms with van der Waals surface area (Å²) in [6.07, 6.45) is -0.586. The molecule has 158 valence electrons. The van der Waals surface area contributed by atoms with Gasteiger partial charge >= 0.3 is 0 Å². The van der Waals surface area contributed by atoms with Crippen molar-refractivity contribution in [1.29, 1.82) is 0 Å². The first-order chi connectivity index (χ1) is 13.9. The van der Waals surface area contributed by atoms with Crippen molar-refractivity contribution in [3.05, 3.63) is 53.7 Å². The lowest BCUT2D eigenvalue weighted by Gasteiger charge is -2.17. The van der Waals surface area contributed by atoms with Gasteiger partial charge in [0, 0.05) is 27.2 Å². The highest BCUT2D eigenvalue weighted by Crippen LogP contribution is 2.20. The summed E-state index contributed by atoms with van der Waals surface area (Å²) in [7, 11) is 3.92. The second kappa shape index (κ2) is 11.3. The first-order valence-corrected chi connectivity index (χ1v) is 9.99. The van der Waals surface area contributed by atoms with Crippen molar-refractivity contribution in [3.63, 3.8) is 0 Å². The molecular weight excluding hydrogens is 366 g/mol. The monoisotopic (exact) mass is 399 g/mol. The Morgan fingerprint density at radius 3 is 2.62 bits per heavy atom. The maximum absolute atomic E-state index is 10.6. The number of guanidine groups is 1. The van der Waals surface area contributed by atoms with Gasteiger partial charge in [-0.1, -0.05) is 18.2 Å². The van der Waals surface area contributed by atoms with Crippen LogP contribution in [0.1, 0.15) is 38.1 Å². The number of pyridine rings is 1. The molecule has 0 amide bonds. The molecule has 1 aromatic heterocycles. The minimum atomic E-state index is -0.676. The highest BCUT2D eigenvalue weighted by molar-refractivity contribution is 5.79. The summed E-state index contributed by atoms with van der Waals surface area (Å²) in [6.45, 7) is 7.48. The third-order valence-corrected chi connectivity index (χ3v) is 4.07. The van der Waals surface area contributed by atoms with Crippen molar-refractivity contribution < 1.29 is 9.84 Å². The van der Waals surface area contributed by atoms with Crippen LogP contribution in [0, 0.1) is 0 Å². The first-order valence-electron chi connectivity index (χ1n) is 9.99. The number of nitrogens with one attached hydrogen (secondary N) is 2. The van der Waals surface area contributed by atoms with Crippen LogP contribution in [0.3, 0.4) is 0 Å². The number of aromatic nitrogens is 1. The first kappa shape index (κ1) is 22.5. The number of aliphatic hydroxyl groups is 1. The summed E-state index contributed by atoms with van der Waals surface area (Å²) >= 11 is 0. The van der Waals surface area contributed by atoms with Crippen LogP contribution in [0.15, 0.2) is 47.5 Å². The number of nitrogens with zero attached hydrogens (tertiary/aromatic N) is 3. The Kier molecular flexibility index (Phi) is 8.73. The Labute approximate surface area is 173 Å². The molecule has 0 bridgehead atoms. The van der Waals surface area contributed by atoms with E-state index in [0.29, 0.717) is 19.0 Å². The van der Waals surface area contributed by atoms with Gasteiger partial charge in [-0.25, -0.2) is 9.98 Å². The zero-order valence-electron chi connectivity index (χ0n) is 18.0. The summed E-state index contributed by atoms with van der Waals surface area (Å²) < 4.78 is 5.71. The normalized spacial score (nSPS) is 12.6. The number of aliphatic imine (C=N–C) groups is 1. The van der Waals surface area contributed by atoms with Crippen LogP contribution in [-0.2, 0) is 6.54 Å². The molecule has 29 heavy (non-hydrogen) atoms. The van der Waals surface area contributed by atoms with E-state index in [1.54, 1.807) is 0 Å². The standard InChI is InChI=1S/C22H33N5O2/c1-6-23-22(24-14-18-10-8-12-21(26-18)27(4)5)25-15-20(28)17-9-7-11-19(13-17)29-16(2)3/h7-13,16,20,28H,6,14-15H2,1-5H3,(H2,23,24,25). The van der Waals surface area contributed by atoms with E-state index >= 15 is 0 Å². The second-order valence-corrected chi connectivity index (χ2v) is 7.21. The molecule has 0 fully saturated rings. The van der Waals surface area contributed by atoms with Crippen LogP contribution in [0.5, 0.6) is 5.75 Å². The van der Waals surface area contributed by atoms with Crippen LogP contribution in [-0.4, -0.2) is 49.3 Å². The van der Waals surface area contributed by atoms with Crippen molar-refractivity contribution in [2.75, 3.05) is 32.1 Å². The molecule has 7 heteroatoms. The van der Waals surface area contributed by atoms with Crippen LogP contribution < -0.4 is 20.3 Å². The average molecular weight is 400 g/mol. The van der Waals surface area contributed by atoms with Gasteiger partial charge in [-0.15, -0.1) is 0 Å². The van der Waals surface area contributed by atoms with Gasteiger partial charge in [0.1, 0.15) is 11.6 Å². The molecule has 0 spiro atoms. The molecule has 2 aromatic rings. The van der Waals surface area contributed by atoms with Gasteiger partial charge in [-0.05, 0) is 50.6 Å². The maximum atomic E-state index is 10.6. The summed E-state index contributed by atoms with van der Waals surface area (Å²) in [4.78, 5) is 11.1. The van der Waals surface area contributed by atoms with Crippen LogP contribution >= 0.6 is 0 Å². The summed E-state index contributed by atoms with van der Waals surface area (Å²) in [5.74, 6) is 2.29. The molecule has 0 saturated heterocycles. The SMILES string of the molecule is CCNC(=NCc1cccc(N(C)C)n1)NCC(O)c1cccc(OC(C)C)c1. The van der Waals surface area contributed by atoms with Gasteiger partial charge in [0.05, 0.1) is 24.4 Å². The van der Waals surface area contributed by atoms with Gasteiger partial charge < -0.3 is 25.4 Å². The Hall–Kier alpha value is -2.80. The number of aliphatic hydroxyl groups excluding tert-OH is 1. The van der Waals surface area contributed by atoms with Crippen LogP contribution in [0.25, 0.3) is 0 Å². The predicted octanol–water partition coefficient (Wildman–Crippen LogP) is 2.72. The van der Waals surface area contributed by atoms with E-state index in [9.17, 15) is 5.11 Å². The number of benzene rings is 1. The van der Waals surface area contributed by atoms with Crippen molar-refractivity contribution in [2.24, 2.45) is 4.99 Å². The molecule has 1 atom stereocenters. The van der Waals surface area contributed by atoms with E-state index in [0.717, 1.165) is 29.4 Å². The summed E-state index contributed by atoms with van der Waals surface area (Å²) in [5.41, 5.74) is 1.68. The molecule has 0 radical (unpaired) electrons. The van der Waals surface area contributed by atoms with E-state index in [1.165, 1.54) is 0 Å². The number of rotatable bonds is 9. The average Bonchev–Trinajstić information content (AvgIpc) is 2.69. The zero-order valence-corrected chi connectivity index (χ0v) is 18.0. The van der Waals surface area contributed by atoms with Crippen molar-refractivity contribution >= 4 is 11.8 Å². The second-order valence-electron chi connectivity index (χ2n) is 7.21. The highest BCUT2D eigenvalue weighted by Gasteiger charge is 2.10. The third kappa shape index (κ3) is 7.62. The van der Waals surface area contributed by atoms with Gasteiger partial charge in [0.25, 0.3) is 0 Å². The molecule has 0 saturated carbocycles. The minimum Gasteiger partial charge on any atom is -0.491 e. The molecule has 1 unspecified atom stereocenters. The lowest BCUT2D eigenvalue weighted by molar-refractivity contribution is 0.179. The summed E-state index contributed by atoms with van der Waals surface area (Å²) in [6, 6.07) is 13.4. The fraction of sp³-hybridized carbons (Fsp3) is 0.455. The van der Waals surface area contributed by atoms with E-state index in [4.69, 9.17) is 4.74 Å². The fourth-order valence-corrected chi connectivity index (χ4v) is 2.68. The zero-order chi connectivity index (χ0) is 21.2. The van der Waals surface area contributed by atoms with Crippen LogP contribution in [0.2, 0.25) is 0 Å². The van der Waals surface area contributed by atoms with Crippen molar-refractivity contribution in [2.45, 2.75) is 39.5 Å². The largest absolute Gasteiger partial charge is 0.491 e. The lowest BCUT2D eigenvalue weighted by Crippen LogP contribution is -2.39. The topological polar surface area (TPSA) is 82.0 Å². The van der Waals surface area contributed by atoms with Crippen molar-refractivity contribution in [3.8, 4) is 5.75 Å². The van der Waals surface area contributed by atoms with E-state index in [2.05, 4.69) is 20.6 Å². The molecule has 1 aromatic carbocycles. The maximum Gasteiger partial charge on any atom is 0.191 e.